The second-order valence-corrected chi connectivity index (χ2v) is 6.32. The van der Waals surface area contributed by atoms with Gasteiger partial charge in [-0.15, -0.1) is 0 Å². The molecule has 0 bridgehead atoms. The van der Waals surface area contributed by atoms with Crippen LogP contribution in [0.3, 0.4) is 0 Å². The highest BCUT2D eigenvalue weighted by molar-refractivity contribution is 7.71. The van der Waals surface area contributed by atoms with E-state index >= 15 is 0 Å². The molecule has 1 aromatic heterocycles. The zero-order valence-corrected chi connectivity index (χ0v) is 13.6. The molecule has 21 heavy (non-hydrogen) atoms. The summed E-state index contributed by atoms with van der Waals surface area (Å²) in [7, 11) is 3.31. The molecule has 1 aliphatic rings. The summed E-state index contributed by atoms with van der Waals surface area (Å²) in [6.45, 7) is 3.33. The number of imidazole rings is 1. The van der Waals surface area contributed by atoms with Crippen LogP contribution in [0.4, 0.5) is 0 Å². The molecule has 1 aliphatic carbocycles. The topological polar surface area (TPSA) is 39.2 Å². The summed E-state index contributed by atoms with van der Waals surface area (Å²) >= 11 is 5.51. The van der Waals surface area contributed by atoms with Crippen LogP contribution in [-0.4, -0.2) is 23.8 Å². The van der Waals surface area contributed by atoms with E-state index in [1.165, 1.54) is 19.3 Å². The number of ether oxygens (including phenoxy) is 2. The van der Waals surface area contributed by atoms with E-state index in [0.717, 1.165) is 39.8 Å². The van der Waals surface area contributed by atoms with Gasteiger partial charge in [0.15, 0.2) is 16.3 Å². The van der Waals surface area contributed by atoms with Crippen molar-refractivity contribution >= 4 is 23.3 Å². The summed E-state index contributed by atoms with van der Waals surface area (Å²) in [6, 6.07) is 3.97. The first kappa shape index (κ1) is 14.4. The van der Waals surface area contributed by atoms with Crippen LogP contribution in [0.1, 0.15) is 26.2 Å². The number of aromatic nitrogens is 2. The molecule has 2 atom stereocenters. The number of hydrogen-bond acceptors (Lipinski definition) is 3. The predicted molar refractivity (Wildman–Crippen MR) is 86.7 cm³/mol. The predicted octanol–water partition coefficient (Wildman–Crippen LogP) is 4.15. The summed E-state index contributed by atoms with van der Waals surface area (Å²) < 4.78 is 13.8. The van der Waals surface area contributed by atoms with Gasteiger partial charge < -0.3 is 19.0 Å². The lowest BCUT2D eigenvalue weighted by molar-refractivity contribution is 0.354. The zero-order chi connectivity index (χ0) is 15.0. The molecular formula is C16H22N2O2S. The minimum absolute atomic E-state index is 0.712. The molecule has 2 unspecified atom stereocenters. The van der Waals surface area contributed by atoms with Gasteiger partial charge >= 0.3 is 0 Å². The molecule has 1 aromatic carbocycles. The number of aromatic amines is 1. The Morgan fingerprint density at radius 2 is 1.95 bits per heavy atom. The highest BCUT2D eigenvalue weighted by Gasteiger charge is 2.24. The quantitative estimate of drug-likeness (QED) is 0.862. The van der Waals surface area contributed by atoms with Crippen LogP contribution in [0.5, 0.6) is 11.5 Å². The van der Waals surface area contributed by atoms with Crippen molar-refractivity contribution in [2.24, 2.45) is 11.8 Å². The maximum atomic E-state index is 5.51. The van der Waals surface area contributed by atoms with Gasteiger partial charge in [0.2, 0.25) is 0 Å². The molecule has 1 saturated carbocycles. The number of nitrogens with zero attached hydrogens (tertiary/aromatic N) is 1. The van der Waals surface area contributed by atoms with E-state index in [4.69, 9.17) is 21.7 Å². The lowest BCUT2D eigenvalue weighted by Crippen LogP contribution is -2.13. The van der Waals surface area contributed by atoms with Crippen LogP contribution in [0.15, 0.2) is 12.1 Å². The molecule has 0 amide bonds. The number of H-pyrrole nitrogens is 1. The highest BCUT2D eigenvalue weighted by Crippen LogP contribution is 2.35. The Labute approximate surface area is 130 Å². The van der Waals surface area contributed by atoms with E-state index in [0.29, 0.717) is 5.92 Å². The Balaban J connectivity index is 2.05. The molecular weight excluding hydrogens is 284 g/mol. The second kappa shape index (κ2) is 5.72. The maximum Gasteiger partial charge on any atom is 0.178 e. The Hall–Kier alpha value is -1.49. The van der Waals surface area contributed by atoms with Gasteiger partial charge in [-0.3, -0.25) is 0 Å². The Morgan fingerprint density at radius 3 is 2.57 bits per heavy atom. The normalized spacial score (nSPS) is 21.9. The summed E-state index contributed by atoms with van der Waals surface area (Å²) in [4.78, 5) is 3.28. The van der Waals surface area contributed by atoms with Crippen molar-refractivity contribution in [1.29, 1.82) is 0 Å². The first-order chi connectivity index (χ1) is 10.1. The first-order valence-corrected chi connectivity index (χ1v) is 7.89. The Kier molecular flexibility index (Phi) is 3.93. The molecule has 0 spiro atoms. The standard InChI is InChI=1S/C16H22N2O2S/c1-10-5-4-6-11(10)9-18-13-8-15(20-3)14(19-2)7-12(13)17-16(18)21/h7-8,10-11H,4-6,9H2,1-3H3,(H,17,21). The average Bonchev–Trinajstić information content (AvgIpc) is 3.02. The minimum atomic E-state index is 0.712. The van der Waals surface area contributed by atoms with Crippen molar-refractivity contribution in [3.63, 3.8) is 0 Å². The largest absolute Gasteiger partial charge is 0.493 e. The third-order valence-corrected chi connectivity index (χ3v) is 5.06. The van der Waals surface area contributed by atoms with Crippen LogP contribution in [0.25, 0.3) is 11.0 Å². The van der Waals surface area contributed by atoms with E-state index in [9.17, 15) is 0 Å². The van der Waals surface area contributed by atoms with Gasteiger partial charge in [-0.1, -0.05) is 19.8 Å². The average molecular weight is 306 g/mol. The van der Waals surface area contributed by atoms with Crippen molar-refractivity contribution in [3.8, 4) is 11.5 Å². The van der Waals surface area contributed by atoms with E-state index in [1.54, 1.807) is 14.2 Å². The van der Waals surface area contributed by atoms with Crippen LogP contribution in [0.2, 0.25) is 0 Å². The summed E-state index contributed by atoms with van der Waals surface area (Å²) in [5, 5.41) is 0. The molecule has 0 saturated heterocycles. The summed E-state index contributed by atoms with van der Waals surface area (Å²) in [5.41, 5.74) is 2.10. The van der Waals surface area contributed by atoms with Crippen molar-refractivity contribution in [2.45, 2.75) is 32.7 Å². The van der Waals surface area contributed by atoms with Crippen molar-refractivity contribution < 1.29 is 9.47 Å². The van der Waals surface area contributed by atoms with Crippen LogP contribution in [0, 0.1) is 16.6 Å². The van der Waals surface area contributed by atoms with Gasteiger partial charge in [0.05, 0.1) is 25.3 Å². The summed E-state index contributed by atoms with van der Waals surface area (Å²) in [5.74, 6) is 2.95. The number of hydrogen-bond donors (Lipinski definition) is 1. The highest BCUT2D eigenvalue weighted by atomic mass is 32.1. The number of fused-ring (bicyclic) bond motifs is 1. The molecule has 114 valence electrons. The van der Waals surface area contributed by atoms with Crippen molar-refractivity contribution in [1.82, 2.24) is 9.55 Å². The zero-order valence-electron chi connectivity index (χ0n) is 12.8. The van der Waals surface area contributed by atoms with E-state index in [1.807, 2.05) is 12.1 Å². The SMILES string of the molecule is COc1cc2[nH]c(=S)n(CC3CCCC3C)c2cc1OC. The maximum absolute atomic E-state index is 5.51. The fourth-order valence-corrected chi connectivity index (χ4v) is 3.68. The molecule has 0 radical (unpaired) electrons. The van der Waals surface area contributed by atoms with Crippen LogP contribution < -0.4 is 9.47 Å². The van der Waals surface area contributed by atoms with Gasteiger partial charge in [-0.05, 0) is 30.5 Å². The lowest BCUT2D eigenvalue weighted by Gasteiger charge is -2.17. The first-order valence-electron chi connectivity index (χ1n) is 7.48. The molecule has 0 aliphatic heterocycles. The monoisotopic (exact) mass is 306 g/mol. The molecule has 4 nitrogen and oxygen atoms in total. The number of benzene rings is 1. The lowest BCUT2D eigenvalue weighted by atomic mass is 9.98. The molecule has 5 heteroatoms. The van der Waals surface area contributed by atoms with Gasteiger partial charge in [-0.2, -0.15) is 0 Å². The van der Waals surface area contributed by atoms with Crippen molar-refractivity contribution in [3.05, 3.63) is 16.9 Å². The molecule has 3 rings (SSSR count). The molecule has 1 N–H and O–H groups in total. The summed E-state index contributed by atoms with van der Waals surface area (Å²) in [6.07, 6.45) is 3.96. The Bertz CT molecular complexity index is 704. The van der Waals surface area contributed by atoms with Gasteiger partial charge in [0, 0.05) is 18.7 Å². The second-order valence-electron chi connectivity index (χ2n) is 5.93. The Morgan fingerprint density at radius 1 is 1.24 bits per heavy atom. The van der Waals surface area contributed by atoms with Gasteiger partial charge in [0.25, 0.3) is 0 Å². The molecule has 1 fully saturated rings. The van der Waals surface area contributed by atoms with Gasteiger partial charge in [0.1, 0.15) is 0 Å². The van der Waals surface area contributed by atoms with E-state index in [2.05, 4.69) is 16.5 Å². The number of rotatable bonds is 4. The smallest absolute Gasteiger partial charge is 0.178 e. The third-order valence-electron chi connectivity index (χ3n) is 4.74. The van der Waals surface area contributed by atoms with Crippen molar-refractivity contribution in [2.75, 3.05) is 14.2 Å². The number of methoxy groups -OCH3 is 2. The van der Waals surface area contributed by atoms with Crippen LogP contribution >= 0.6 is 12.2 Å². The van der Waals surface area contributed by atoms with Gasteiger partial charge in [-0.25, -0.2) is 0 Å². The number of nitrogens with one attached hydrogen (secondary N) is 1. The molecule has 2 aromatic rings. The minimum Gasteiger partial charge on any atom is -0.493 e. The third kappa shape index (κ3) is 2.55. The fraction of sp³-hybridized carbons (Fsp3) is 0.562. The fourth-order valence-electron chi connectivity index (χ4n) is 3.39. The van der Waals surface area contributed by atoms with E-state index in [-0.39, 0.29) is 0 Å². The van der Waals surface area contributed by atoms with Crippen LogP contribution in [-0.2, 0) is 6.54 Å². The molecule has 1 heterocycles. The van der Waals surface area contributed by atoms with E-state index < -0.39 is 0 Å².